The van der Waals surface area contributed by atoms with Gasteiger partial charge < -0.3 is 15.6 Å². The SMILES string of the molecule is CCNC(=NCC(C)SC)NCCc1c[nH]c2ccccc12.I. The smallest absolute Gasteiger partial charge is 0.191 e. The van der Waals surface area contributed by atoms with E-state index in [0.717, 1.165) is 32.0 Å². The summed E-state index contributed by atoms with van der Waals surface area (Å²) in [6, 6.07) is 8.42. The first kappa shape index (κ1) is 20.2. The zero-order valence-electron chi connectivity index (χ0n) is 14.1. The van der Waals surface area contributed by atoms with E-state index in [1.165, 1.54) is 16.5 Å². The maximum absolute atomic E-state index is 4.63. The molecule has 0 amide bonds. The Labute approximate surface area is 160 Å². The second-order valence-electron chi connectivity index (χ2n) is 5.30. The Morgan fingerprint density at radius 2 is 2.09 bits per heavy atom. The average Bonchev–Trinajstić information content (AvgIpc) is 2.95. The Bertz CT molecular complexity index is 611. The molecule has 6 heteroatoms. The Hall–Kier alpha value is -0.890. The lowest BCUT2D eigenvalue weighted by Crippen LogP contribution is -2.38. The fourth-order valence-electron chi connectivity index (χ4n) is 2.29. The molecular formula is C17H27IN4S. The van der Waals surface area contributed by atoms with Gasteiger partial charge in [-0.2, -0.15) is 11.8 Å². The predicted molar refractivity (Wildman–Crippen MR) is 114 cm³/mol. The van der Waals surface area contributed by atoms with Crippen molar-refractivity contribution in [1.29, 1.82) is 0 Å². The Morgan fingerprint density at radius 1 is 1.30 bits per heavy atom. The number of hydrogen-bond donors (Lipinski definition) is 3. The number of hydrogen-bond acceptors (Lipinski definition) is 2. The van der Waals surface area contributed by atoms with Crippen molar-refractivity contribution in [3.05, 3.63) is 36.0 Å². The van der Waals surface area contributed by atoms with E-state index in [4.69, 9.17) is 0 Å². The molecule has 0 aliphatic heterocycles. The Kier molecular flexibility index (Phi) is 9.47. The van der Waals surface area contributed by atoms with Crippen molar-refractivity contribution in [1.82, 2.24) is 15.6 Å². The maximum Gasteiger partial charge on any atom is 0.191 e. The van der Waals surface area contributed by atoms with Gasteiger partial charge in [0.15, 0.2) is 5.96 Å². The summed E-state index contributed by atoms with van der Waals surface area (Å²) in [5.41, 5.74) is 2.54. The maximum atomic E-state index is 4.63. The molecule has 0 saturated heterocycles. The number of aromatic nitrogens is 1. The van der Waals surface area contributed by atoms with Crippen LogP contribution in [0.15, 0.2) is 35.5 Å². The molecule has 1 heterocycles. The quantitative estimate of drug-likeness (QED) is 0.346. The second kappa shape index (κ2) is 10.8. The van der Waals surface area contributed by atoms with Gasteiger partial charge in [-0.05, 0) is 31.2 Å². The zero-order valence-corrected chi connectivity index (χ0v) is 17.2. The van der Waals surface area contributed by atoms with E-state index in [0.29, 0.717) is 5.25 Å². The number of thioether (sulfide) groups is 1. The molecule has 1 aromatic carbocycles. The molecule has 4 nitrogen and oxygen atoms in total. The number of halogens is 1. The van der Waals surface area contributed by atoms with E-state index in [-0.39, 0.29) is 24.0 Å². The van der Waals surface area contributed by atoms with Gasteiger partial charge in [-0.3, -0.25) is 4.99 Å². The van der Waals surface area contributed by atoms with E-state index in [9.17, 15) is 0 Å². The van der Waals surface area contributed by atoms with Gasteiger partial charge >= 0.3 is 0 Å². The van der Waals surface area contributed by atoms with Gasteiger partial charge in [-0.25, -0.2) is 0 Å². The van der Waals surface area contributed by atoms with Crippen molar-refractivity contribution in [3.63, 3.8) is 0 Å². The minimum atomic E-state index is 0. The van der Waals surface area contributed by atoms with Crippen molar-refractivity contribution >= 4 is 52.6 Å². The number of H-pyrrole nitrogens is 1. The van der Waals surface area contributed by atoms with Crippen LogP contribution in [0, 0.1) is 0 Å². The minimum Gasteiger partial charge on any atom is -0.361 e. The monoisotopic (exact) mass is 446 g/mol. The molecule has 3 N–H and O–H groups in total. The molecule has 0 aliphatic rings. The van der Waals surface area contributed by atoms with E-state index >= 15 is 0 Å². The largest absolute Gasteiger partial charge is 0.361 e. The zero-order chi connectivity index (χ0) is 15.8. The Balaban J connectivity index is 0.00000264. The number of benzene rings is 1. The lowest BCUT2D eigenvalue weighted by atomic mass is 10.1. The molecule has 0 aliphatic carbocycles. The summed E-state index contributed by atoms with van der Waals surface area (Å²) in [5.74, 6) is 0.906. The normalized spacial score (nSPS) is 12.7. The molecule has 2 rings (SSSR count). The third kappa shape index (κ3) is 6.25. The molecule has 0 spiro atoms. The molecule has 0 saturated carbocycles. The van der Waals surface area contributed by atoms with Crippen molar-refractivity contribution in [3.8, 4) is 0 Å². The van der Waals surface area contributed by atoms with Gasteiger partial charge in [0.1, 0.15) is 0 Å². The highest BCUT2D eigenvalue weighted by atomic mass is 127. The van der Waals surface area contributed by atoms with Gasteiger partial charge in [-0.1, -0.05) is 25.1 Å². The first-order chi connectivity index (χ1) is 10.7. The standard InChI is InChI=1S/C17H26N4S.HI/c1-4-18-17(21-11-13(2)22-3)19-10-9-14-12-20-16-8-6-5-7-15(14)16;/h5-8,12-13,20H,4,9-11H2,1-3H3,(H2,18,19,21);1H. The first-order valence-electron chi connectivity index (χ1n) is 7.84. The van der Waals surface area contributed by atoms with E-state index < -0.39 is 0 Å². The number of nitrogens with zero attached hydrogens (tertiary/aromatic N) is 1. The topological polar surface area (TPSA) is 52.2 Å². The number of aromatic amines is 1. The van der Waals surface area contributed by atoms with Crippen LogP contribution in [0.5, 0.6) is 0 Å². The van der Waals surface area contributed by atoms with Gasteiger partial charge in [-0.15, -0.1) is 24.0 Å². The van der Waals surface area contributed by atoms with Crippen LogP contribution in [-0.2, 0) is 6.42 Å². The highest BCUT2D eigenvalue weighted by Gasteiger charge is 2.04. The lowest BCUT2D eigenvalue weighted by molar-refractivity contribution is 0.798. The van der Waals surface area contributed by atoms with E-state index in [2.05, 4.69) is 71.2 Å². The molecule has 1 aromatic heterocycles. The lowest BCUT2D eigenvalue weighted by Gasteiger charge is -2.12. The number of rotatable bonds is 7. The fraction of sp³-hybridized carbons (Fsp3) is 0.471. The number of aliphatic imine (C=N–C) groups is 1. The third-order valence-electron chi connectivity index (χ3n) is 3.61. The summed E-state index contributed by atoms with van der Waals surface area (Å²) in [4.78, 5) is 7.95. The summed E-state index contributed by atoms with van der Waals surface area (Å²) in [6.07, 6.45) is 5.20. The molecule has 0 fully saturated rings. The minimum absolute atomic E-state index is 0. The van der Waals surface area contributed by atoms with Gasteiger partial charge in [0.25, 0.3) is 0 Å². The van der Waals surface area contributed by atoms with Gasteiger partial charge in [0.05, 0.1) is 6.54 Å². The van der Waals surface area contributed by atoms with Crippen LogP contribution in [0.4, 0.5) is 0 Å². The predicted octanol–water partition coefficient (Wildman–Crippen LogP) is 3.64. The fourth-order valence-corrected chi connectivity index (χ4v) is 2.51. The number of fused-ring (bicyclic) bond motifs is 1. The molecule has 0 bridgehead atoms. The van der Waals surface area contributed by atoms with Crippen molar-refractivity contribution in [2.24, 2.45) is 4.99 Å². The molecule has 1 unspecified atom stereocenters. The molecule has 128 valence electrons. The van der Waals surface area contributed by atoms with Crippen LogP contribution in [0.3, 0.4) is 0 Å². The van der Waals surface area contributed by atoms with E-state index in [1.54, 1.807) is 0 Å². The van der Waals surface area contributed by atoms with Crippen LogP contribution in [0.25, 0.3) is 10.9 Å². The molecule has 23 heavy (non-hydrogen) atoms. The van der Waals surface area contributed by atoms with Crippen LogP contribution in [0.1, 0.15) is 19.4 Å². The van der Waals surface area contributed by atoms with Crippen LogP contribution >= 0.6 is 35.7 Å². The van der Waals surface area contributed by atoms with E-state index in [1.807, 2.05) is 11.8 Å². The summed E-state index contributed by atoms with van der Waals surface area (Å²) >= 11 is 1.84. The highest BCUT2D eigenvalue weighted by Crippen LogP contribution is 2.17. The average molecular weight is 446 g/mol. The summed E-state index contributed by atoms with van der Waals surface area (Å²) in [7, 11) is 0. The third-order valence-corrected chi connectivity index (χ3v) is 4.57. The van der Waals surface area contributed by atoms with Gasteiger partial charge in [0.2, 0.25) is 0 Å². The van der Waals surface area contributed by atoms with Crippen molar-refractivity contribution in [2.45, 2.75) is 25.5 Å². The molecule has 1 atom stereocenters. The van der Waals surface area contributed by atoms with Gasteiger partial charge in [0, 0.05) is 35.4 Å². The number of guanidine groups is 1. The van der Waals surface area contributed by atoms with Crippen molar-refractivity contribution in [2.75, 3.05) is 25.9 Å². The second-order valence-corrected chi connectivity index (χ2v) is 6.58. The molecule has 2 aromatic rings. The summed E-state index contributed by atoms with van der Waals surface area (Å²) in [5, 5.41) is 8.57. The number of para-hydroxylation sites is 1. The first-order valence-corrected chi connectivity index (χ1v) is 9.13. The van der Waals surface area contributed by atoms with Crippen LogP contribution in [-0.4, -0.2) is 42.1 Å². The molecule has 0 radical (unpaired) electrons. The van der Waals surface area contributed by atoms with Crippen LogP contribution in [0.2, 0.25) is 0 Å². The summed E-state index contributed by atoms with van der Waals surface area (Å²) in [6.45, 7) is 6.88. The highest BCUT2D eigenvalue weighted by molar-refractivity contribution is 14.0. The summed E-state index contributed by atoms with van der Waals surface area (Å²) < 4.78 is 0. The van der Waals surface area contributed by atoms with Crippen LogP contribution < -0.4 is 10.6 Å². The molecular weight excluding hydrogens is 419 g/mol. The number of nitrogens with one attached hydrogen (secondary N) is 3. The Morgan fingerprint density at radius 3 is 2.83 bits per heavy atom. The van der Waals surface area contributed by atoms with Crippen molar-refractivity contribution < 1.29 is 0 Å².